The second-order valence-electron chi connectivity index (χ2n) is 2.50. The Bertz CT molecular complexity index is 112. The van der Waals surface area contributed by atoms with Gasteiger partial charge in [-0.3, -0.25) is 0 Å². The van der Waals surface area contributed by atoms with Crippen molar-refractivity contribution in [1.82, 2.24) is 4.90 Å². The van der Waals surface area contributed by atoms with Crippen molar-refractivity contribution in [1.29, 1.82) is 0 Å². The summed E-state index contributed by atoms with van der Waals surface area (Å²) in [6, 6.07) is 0. The molecule has 1 heterocycles. The van der Waals surface area contributed by atoms with Crippen molar-refractivity contribution in [2.75, 3.05) is 20.1 Å². The van der Waals surface area contributed by atoms with E-state index in [0.29, 0.717) is 6.54 Å². The van der Waals surface area contributed by atoms with Crippen molar-refractivity contribution in [3.8, 4) is 0 Å². The molecule has 11 heavy (non-hydrogen) atoms. The fourth-order valence-corrected chi connectivity index (χ4v) is 0.989. The molecule has 1 aliphatic heterocycles. The van der Waals surface area contributed by atoms with Crippen molar-refractivity contribution in [3.63, 3.8) is 0 Å². The minimum absolute atomic E-state index is 0.552. The third-order valence-electron chi connectivity index (χ3n) is 1.51. The largest absolute Gasteiger partial charge is 0.303 e. The van der Waals surface area contributed by atoms with Crippen molar-refractivity contribution in [2.24, 2.45) is 0 Å². The molecule has 0 bridgehead atoms. The molecular weight excluding hydrogens is 141 g/mol. The van der Waals surface area contributed by atoms with Crippen LogP contribution in [0.25, 0.3) is 0 Å². The van der Waals surface area contributed by atoms with Crippen LogP contribution in [0, 0.1) is 0 Å². The number of halogens is 1. The highest BCUT2D eigenvalue weighted by atomic mass is 19.1. The average Bonchev–Trinajstić information content (AvgIpc) is 2.18. The van der Waals surface area contributed by atoms with E-state index in [2.05, 4.69) is 0 Å². The van der Waals surface area contributed by atoms with E-state index in [4.69, 9.17) is 0 Å². The number of nitrogens with zero attached hydrogens (tertiary/aromatic N) is 1. The first-order valence-electron chi connectivity index (χ1n) is 4.28. The Balaban J connectivity index is 0.000000461. The SMILES string of the molecule is CC.CN1CCC=CC(F)C1. The summed E-state index contributed by atoms with van der Waals surface area (Å²) in [5.74, 6) is 0. The molecule has 0 aromatic heterocycles. The molecule has 1 atom stereocenters. The van der Waals surface area contributed by atoms with Crippen molar-refractivity contribution in [3.05, 3.63) is 12.2 Å². The van der Waals surface area contributed by atoms with Crippen LogP contribution in [0.3, 0.4) is 0 Å². The van der Waals surface area contributed by atoms with Crippen molar-refractivity contribution < 1.29 is 4.39 Å². The molecule has 1 unspecified atom stereocenters. The molecule has 0 aliphatic carbocycles. The molecule has 0 N–H and O–H groups in total. The van der Waals surface area contributed by atoms with Crippen LogP contribution in [0.15, 0.2) is 12.2 Å². The predicted octanol–water partition coefficient (Wildman–Crippen LogP) is 2.24. The molecule has 0 spiro atoms. The minimum Gasteiger partial charge on any atom is -0.303 e. The summed E-state index contributed by atoms with van der Waals surface area (Å²) >= 11 is 0. The molecule has 0 amide bonds. The van der Waals surface area contributed by atoms with E-state index >= 15 is 0 Å². The third-order valence-corrected chi connectivity index (χ3v) is 1.51. The standard InChI is InChI=1S/C7H12FN.C2H6/c1-9-5-3-2-4-7(8)6-9;1-2/h2,4,7H,3,5-6H2,1H3;1-2H3. The minimum atomic E-state index is -0.752. The van der Waals surface area contributed by atoms with Gasteiger partial charge in [-0.25, -0.2) is 4.39 Å². The first kappa shape index (κ1) is 10.6. The Labute approximate surface area is 68.9 Å². The Morgan fingerprint density at radius 1 is 1.45 bits per heavy atom. The summed E-state index contributed by atoms with van der Waals surface area (Å²) < 4.78 is 12.6. The van der Waals surface area contributed by atoms with Gasteiger partial charge in [0.05, 0.1) is 0 Å². The highest BCUT2D eigenvalue weighted by Gasteiger charge is 2.07. The quantitative estimate of drug-likeness (QED) is 0.490. The fourth-order valence-electron chi connectivity index (χ4n) is 0.989. The highest BCUT2D eigenvalue weighted by Crippen LogP contribution is 2.03. The lowest BCUT2D eigenvalue weighted by Gasteiger charge is -2.13. The second kappa shape index (κ2) is 6.35. The van der Waals surface area contributed by atoms with Gasteiger partial charge >= 0.3 is 0 Å². The average molecular weight is 159 g/mol. The number of hydrogen-bond donors (Lipinski definition) is 0. The van der Waals surface area contributed by atoms with Crippen LogP contribution in [-0.4, -0.2) is 31.2 Å². The van der Waals surface area contributed by atoms with Gasteiger partial charge in [0, 0.05) is 13.1 Å². The summed E-state index contributed by atoms with van der Waals surface area (Å²) in [5, 5.41) is 0. The van der Waals surface area contributed by atoms with Crippen LogP contribution in [0.1, 0.15) is 20.3 Å². The summed E-state index contributed by atoms with van der Waals surface area (Å²) in [4.78, 5) is 2.00. The number of hydrogen-bond acceptors (Lipinski definition) is 1. The van der Waals surface area contributed by atoms with Gasteiger partial charge in [-0.2, -0.15) is 0 Å². The molecule has 1 rings (SSSR count). The molecular formula is C9H18FN. The molecule has 66 valence electrons. The highest BCUT2D eigenvalue weighted by molar-refractivity contribution is 4.93. The monoisotopic (exact) mass is 159 g/mol. The fraction of sp³-hybridized carbons (Fsp3) is 0.778. The van der Waals surface area contributed by atoms with E-state index in [1.54, 1.807) is 6.08 Å². The molecule has 2 heteroatoms. The Kier molecular flexibility index (Phi) is 6.13. The lowest BCUT2D eigenvalue weighted by Crippen LogP contribution is -2.24. The van der Waals surface area contributed by atoms with Gasteiger partial charge in [0.1, 0.15) is 6.17 Å². The smallest absolute Gasteiger partial charge is 0.131 e. The molecule has 0 saturated carbocycles. The van der Waals surface area contributed by atoms with Crippen LogP contribution in [0.4, 0.5) is 4.39 Å². The second-order valence-corrected chi connectivity index (χ2v) is 2.50. The molecule has 0 aromatic rings. The lowest BCUT2D eigenvalue weighted by molar-refractivity contribution is 0.264. The first-order valence-corrected chi connectivity index (χ1v) is 4.28. The van der Waals surface area contributed by atoms with E-state index in [-0.39, 0.29) is 0 Å². The van der Waals surface area contributed by atoms with Crippen LogP contribution < -0.4 is 0 Å². The maximum Gasteiger partial charge on any atom is 0.131 e. The Morgan fingerprint density at radius 3 is 2.73 bits per heavy atom. The van der Waals surface area contributed by atoms with Crippen molar-refractivity contribution in [2.45, 2.75) is 26.4 Å². The summed E-state index contributed by atoms with van der Waals surface area (Å²) in [6.07, 6.45) is 3.78. The van der Waals surface area contributed by atoms with Crippen LogP contribution in [0.2, 0.25) is 0 Å². The summed E-state index contributed by atoms with van der Waals surface area (Å²) in [6.45, 7) is 5.54. The number of rotatable bonds is 0. The van der Waals surface area contributed by atoms with E-state index in [0.717, 1.165) is 13.0 Å². The van der Waals surface area contributed by atoms with Gasteiger partial charge in [-0.15, -0.1) is 0 Å². The molecule has 0 aromatic carbocycles. The maximum absolute atomic E-state index is 12.6. The Morgan fingerprint density at radius 2 is 2.09 bits per heavy atom. The first-order chi connectivity index (χ1) is 5.29. The molecule has 0 fully saturated rings. The number of alkyl halides is 1. The van der Waals surface area contributed by atoms with Gasteiger partial charge < -0.3 is 4.90 Å². The molecule has 0 radical (unpaired) electrons. The normalized spacial score (nSPS) is 25.3. The van der Waals surface area contributed by atoms with Crippen LogP contribution in [-0.2, 0) is 0 Å². The van der Waals surface area contributed by atoms with Gasteiger partial charge in [-0.05, 0) is 13.5 Å². The van der Waals surface area contributed by atoms with Gasteiger partial charge in [0.2, 0.25) is 0 Å². The van der Waals surface area contributed by atoms with E-state index in [1.165, 1.54) is 0 Å². The zero-order valence-corrected chi connectivity index (χ0v) is 7.68. The topological polar surface area (TPSA) is 3.24 Å². The zero-order chi connectivity index (χ0) is 8.69. The third kappa shape index (κ3) is 4.96. The maximum atomic E-state index is 12.6. The van der Waals surface area contributed by atoms with Crippen LogP contribution in [0.5, 0.6) is 0 Å². The molecule has 1 nitrogen and oxygen atoms in total. The molecule has 1 aliphatic rings. The van der Waals surface area contributed by atoms with E-state index in [1.807, 2.05) is 31.9 Å². The van der Waals surface area contributed by atoms with Gasteiger partial charge in [0.15, 0.2) is 0 Å². The van der Waals surface area contributed by atoms with E-state index < -0.39 is 6.17 Å². The van der Waals surface area contributed by atoms with Crippen molar-refractivity contribution >= 4 is 0 Å². The molecule has 0 saturated heterocycles. The summed E-state index contributed by atoms with van der Waals surface area (Å²) in [7, 11) is 1.94. The predicted molar refractivity (Wildman–Crippen MR) is 47.5 cm³/mol. The van der Waals surface area contributed by atoms with Gasteiger partial charge in [-0.1, -0.05) is 26.0 Å². The van der Waals surface area contributed by atoms with Crippen LogP contribution >= 0.6 is 0 Å². The van der Waals surface area contributed by atoms with Gasteiger partial charge in [0.25, 0.3) is 0 Å². The Hall–Kier alpha value is -0.370. The lowest BCUT2D eigenvalue weighted by atomic mass is 10.3. The zero-order valence-electron chi connectivity index (χ0n) is 7.68. The van der Waals surface area contributed by atoms with E-state index in [9.17, 15) is 4.39 Å². The summed E-state index contributed by atoms with van der Waals surface area (Å²) in [5.41, 5.74) is 0.